The van der Waals surface area contributed by atoms with E-state index in [1.165, 1.54) is 6.08 Å². The Bertz CT molecular complexity index is 157. The molecule has 0 aliphatic carbocycles. The zero-order valence-electron chi connectivity index (χ0n) is 7.29. The van der Waals surface area contributed by atoms with Crippen molar-refractivity contribution in [2.24, 2.45) is 5.73 Å². The minimum atomic E-state index is -0.711. The van der Waals surface area contributed by atoms with E-state index >= 15 is 0 Å². The predicted octanol–water partition coefficient (Wildman–Crippen LogP) is 0.0200. The quantitative estimate of drug-likeness (QED) is 0.579. The molecule has 0 aromatic carbocycles. The molecule has 0 aliphatic heterocycles. The van der Waals surface area contributed by atoms with Gasteiger partial charge in [0.25, 0.3) is 0 Å². The van der Waals surface area contributed by atoms with Crippen LogP contribution in [0.1, 0.15) is 6.92 Å². The van der Waals surface area contributed by atoms with Crippen molar-refractivity contribution in [3.8, 4) is 0 Å². The molecular formula is C7H14N2O3. The summed E-state index contributed by atoms with van der Waals surface area (Å²) in [5.41, 5.74) is 4.54. The summed E-state index contributed by atoms with van der Waals surface area (Å²) in [7, 11) is 1.56. The van der Waals surface area contributed by atoms with E-state index < -0.39 is 6.09 Å². The Balaban J connectivity index is 0. The van der Waals surface area contributed by atoms with Crippen molar-refractivity contribution in [1.29, 1.82) is 0 Å². The highest BCUT2D eigenvalue weighted by molar-refractivity contribution is 5.86. The molecule has 0 rings (SSSR count). The first-order valence-corrected chi connectivity index (χ1v) is 3.34. The zero-order valence-corrected chi connectivity index (χ0v) is 7.29. The summed E-state index contributed by atoms with van der Waals surface area (Å²) in [6.07, 6.45) is 0.512. The van der Waals surface area contributed by atoms with Crippen molar-refractivity contribution in [2.75, 3.05) is 13.7 Å². The summed E-state index contributed by atoms with van der Waals surface area (Å²) in [6, 6.07) is 0. The van der Waals surface area contributed by atoms with E-state index in [1.54, 1.807) is 14.0 Å². The highest BCUT2D eigenvalue weighted by Gasteiger charge is 1.82. The van der Waals surface area contributed by atoms with Crippen molar-refractivity contribution in [2.45, 2.75) is 6.92 Å². The third kappa shape index (κ3) is 15.8. The third-order valence-corrected chi connectivity index (χ3v) is 0.718. The number of primary amides is 1. The van der Waals surface area contributed by atoms with Crippen molar-refractivity contribution >= 4 is 12.0 Å². The summed E-state index contributed by atoms with van der Waals surface area (Å²) in [5.74, 6) is -0.144. The summed E-state index contributed by atoms with van der Waals surface area (Å²) in [6.45, 7) is 5.28. The van der Waals surface area contributed by atoms with Crippen LogP contribution in [0.2, 0.25) is 0 Å². The second-order valence-electron chi connectivity index (χ2n) is 1.57. The molecule has 0 aromatic rings. The largest absolute Gasteiger partial charge is 0.450 e. The molecule has 0 unspecified atom stereocenters. The Morgan fingerprint density at radius 3 is 2.17 bits per heavy atom. The third-order valence-electron chi connectivity index (χ3n) is 0.718. The standard InChI is InChI=1S/C4H7NO.C3H7NO2/c1-3-4(6)5-2;1-2-6-3(4)5/h3H,1H2,2H3,(H,5,6);2H2,1H3,(H2,4,5). The number of amides is 2. The number of hydrogen-bond donors (Lipinski definition) is 2. The number of rotatable bonds is 2. The molecule has 0 aliphatic rings. The molecule has 70 valence electrons. The molecule has 2 amide bonds. The lowest BCUT2D eigenvalue weighted by atomic mass is 10.6. The van der Waals surface area contributed by atoms with Crippen molar-refractivity contribution < 1.29 is 14.3 Å². The average molecular weight is 174 g/mol. The van der Waals surface area contributed by atoms with E-state index in [2.05, 4.69) is 22.4 Å². The minimum absolute atomic E-state index is 0.144. The van der Waals surface area contributed by atoms with Gasteiger partial charge in [-0.25, -0.2) is 4.79 Å². The lowest BCUT2D eigenvalue weighted by molar-refractivity contribution is -0.116. The van der Waals surface area contributed by atoms with E-state index in [0.29, 0.717) is 6.61 Å². The molecule has 12 heavy (non-hydrogen) atoms. The predicted molar refractivity (Wildman–Crippen MR) is 45.5 cm³/mol. The number of likely N-dealkylation sites (N-methyl/N-ethyl adjacent to an activating group) is 1. The van der Waals surface area contributed by atoms with Crippen LogP contribution in [-0.2, 0) is 9.53 Å². The maximum atomic E-state index is 9.95. The van der Waals surface area contributed by atoms with Gasteiger partial charge in [-0.05, 0) is 13.0 Å². The van der Waals surface area contributed by atoms with Crippen molar-refractivity contribution in [3.63, 3.8) is 0 Å². The van der Waals surface area contributed by atoms with Crippen LogP contribution in [-0.4, -0.2) is 25.7 Å². The number of nitrogens with one attached hydrogen (secondary N) is 1. The lowest BCUT2D eigenvalue weighted by Crippen LogP contribution is -2.13. The van der Waals surface area contributed by atoms with Gasteiger partial charge in [-0.1, -0.05) is 6.58 Å². The van der Waals surface area contributed by atoms with E-state index in [4.69, 9.17) is 0 Å². The van der Waals surface area contributed by atoms with Crippen LogP contribution in [0, 0.1) is 0 Å². The number of ether oxygens (including phenoxy) is 1. The van der Waals surface area contributed by atoms with Gasteiger partial charge in [0.05, 0.1) is 6.61 Å². The fourth-order valence-corrected chi connectivity index (χ4v) is 0.244. The molecule has 0 saturated heterocycles. The maximum absolute atomic E-state index is 9.95. The molecule has 0 atom stereocenters. The molecule has 0 saturated carbocycles. The Morgan fingerprint density at radius 2 is 2.17 bits per heavy atom. The Morgan fingerprint density at radius 1 is 1.67 bits per heavy atom. The second-order valence-corrected chi connectivity index (χ2v) is 1.57. The van der Waals surface area contributed by atoms with Crippen LogP contribution in [0.15, 0.2) is 12.7 Å². The maximum Gasteiger partial charge on any atom is 0.404 e. The van der Waals surface area contributed by atoms with Crippen molar-refractivity contribution in [1.82, 2.24) is 5.32 Å². The molecular weight excluding hydrogens is 160 g/mol. The first-order valence-electron chi connectivity index (χ1n) is 3.34. The van der Waals surface area contributed by atoms with Crippen LogP contribution in [0.3, 0.4) is 0 Å². The topological polar surface area (TPSA) is 81.4 Å². The van der Waals surface area contributed by atoms with Gasteiger partial charge in [0.15, 0.2) is 0 Å². The fourth-order valence-electron chi connectivity index (χ4n) is 0.244. The smallest absolute Gasteiger partial charge is 0.404 e. The monoisotopic (exact) mass is 174 g/mol. The molecule has 0 aromatic heterocycles. The Hall–Kier alpha value is -1.52. The number of carbonyl (C=O) groups excluding carboxylic acids is 2. The van der Waals surface area contributed by atoms with Crippen LogP contribution in [0.25, 0.3) is 0 Å². The normalized spacial score (nSPS) is 7.17. The zero-order chi connectivity index (χ0) is 9.98. The molecule has 5 heteroatoms. The molecule has 0 fully saturated rings. The highest BCUT2D eigenvalue weighted by Crippen LogP contribution is 1.66. The summed E-state index contributed by atoms with van der Waals surface area (Å²) in [5, 5.41) is 2.36. The average Bonchev–Trinajstić information content (AvgIpc) is 2.04. The van der Waals surface area contributed by atoms with E-state index in [1.807, 2.05) is 0 Å². The van der Waals surface area contributed by atoms with E-state index in [-0.39, 0.29) is 5.91 Å². The van der Waals surface area contributed by atoms with Gasteiger partial charge in [-0.15, -0.1) is 0 Å². The van der Waals surface area contributed by atoms with Gasteiger partial charge in [0.2, 0.25) is 5.91 Å². The van der Waals surface area contributed by atoms with Gasteiger partial charge in [0, 0.05) is 7.05 Å². The number of hydrogen-bond acceptors (Lipinski definition) is 3. The van der Waals surface area contributed by atoms with E-state index in [0.717, 1.165) is 0 Å². The summed E-state index contributed by atoms with van der Waals surface area (Å²) < 4.78 is 4.18. The SMILES string of the molecule is C=CC(=O)NC.CCOC(N)=O. The lowest BCUT2D eigenvalue weighted by Gasteiger charge is -1.89. The Kier molecular flexibility index (Phi) is 10.3. The van der Waals surface area contributed by atoms with Crippen LogP contribution >= 0.6 is 0 Å². The van der Waals surface area contributed by atoms with Gasteiger partial charge >= 0.3 is 6.09 Å². The van der Waals surface area contributed by atoms with Gasteiger partial charge in [0.1, 0.15) is 0 Å². The molecule has 3 N–H and O–H groups in total. The van der Waals surface area contributed by atoms with Gasteiger partial charge in [-0.3, -0.25) is 4.79 Å². The molecule has 0 radical (unpaired) electrons. The second kappa shape index (κ2) is 9.48. The van der Waals surface area contributed by atoms with Gasteiger partial charge in [-0.2, -0.15) is 0 Å². The molecule has 5 nitrogen and oxygen atoms in total. The number of carbonyl (C=O) groups is 2. The van der Waals surface area contributed by atoms with Crippen LogP contribution in [0.5, 0.6) is 0 Å². The molecule has 0 heterocycles. The first kappa shape index (κ1) is 13.1. The van der Waals surface area contributed by atoms with Crippen LogP contribution < -0.4 is 11.1 Å². The van der Waals surface area contributed by atoms with Gasteiger partial charge < -0.3 is 15.8 Å². The van der Waals surface area contributed by atoms with Crippen LogP contribution in [0.4, 0.5) is 4.79 Å². The minimum Gasteiger partial charge on any atom is -0.450 e. The van der Waals surface area contributed by atoms with E-state index in [9.17, 15) is 9.59 Å². The Labute approximate surface area is 71.6 Å². The fraction of sp³-hybridized carbons (Fsp3) is 0.429. The highest BCUT2D eigenvalue weighted by atomic mass is 16.5. The van der Waals surface area contributed by atoms with Crippen molar-refractivity contribution in [3.05, 3.63) is 12.7 Å². The molecule has 0 bridgehead atoms. The summed E-state index contributed by atoms with van der Waals surface area (Å²) >= 11 is 0. The number of nitrogens with two attached hydrogens (primary N) is 1. The summed E-state index contributed by atoms with van der Waals surface area (Å²) in [4.78, 5) is 19.6. The molecule has 0 spiro atoms. The first-order chi connectivity index (χ1) is 5.58.